The van der Waals surface area contributed by atoms with Crippen LogP contribution in [0.15, 0.2) is 30.5 Å². The number of aromatic nitrogens is 1. The highest BCUT2D eigenvalue weighted by Gasteiger charge is 2.24. The Hall–Kier alpha value is -2.14. The van der Waals surface area contributed by atoms with Gasteiger partial charge in [-0.1, -0.05) is 6.07 Å². The molecule has 3 rings (SSSR count). The summed E-state index contributed by atoms with van der Waals surface area (Å²) in [6.45, 7) is 2.49. The molecule has 0 radical (unpaired) electrons. The second-order valence-electron chi connectivity index (χ2n) is 5.69. The number of fused-ring (bicyclic) bond motifs is 1. The molecule has 1 aliphatic rings. The van der Waals surface area contributed by atoms with Crippen molar-refractivity contribution in [2.75, 3.05) is 18.8 Å². The Kier molecular flexibility index (Phi) is 3.75. The summed E-state index contributed by atoms with van der Waals surface area (Å²) in [6, 6.07) is 7.84. The number of nitrogens with zero attached hydrogens (tertiary/aromatic N) is 2. The Morgan fingerprint density at radius 2 is 2.24 bits per heavy atom. The maximum absolute atomic E-state index is 11.4. The van der Waals surface area contributed by atoms with Gasteiger partial charge in [-0.15, -0.1) is 0 Å². The van der Waals surface area contributed by atoms with Gasteiger partial charge in [-0.25, -0.2) is 0 Å². The van der Waals surface area contributed by atoms with Crippen molar-refractivity contribution in [3.05, 3.63) is 36.0 Å². The molecule has 1 amide bonds. The van der Waals surface area contributed by atoms with E-state index in [0.717, 1.165) is 54.6 Å². The van der Waals surface area contributed by atoms with E-state index in [1.165, 1.54) is 0 Å². The maximum Gasteiger partial charge on any atom is 0.221 e. The lowest BCUT2D eigenvalue weighted by molar-refractivity contribution is -0.123. The van der Waals surface area contributed by atoms with E-state index in [4.69, 9.17) is 11.5 Å². The van der Waals surface area contributed by atoms with E-state index in [1.807, 2.05) is 24.3 Å². The summed E-state index contributed by atoms with van der Waals surface area (Å²) in [5.74, 6) is -0.230. The first kappa shape index (κ1) is 13.8. The summed E-state index contributed by atoms with van der Waals surface area (Å²) in [5, 5.41) is 0.985. The van der Waals surface area contributed by atoms with Gasteiger partial charge in [0.2, 0.25) is 5.91 Å². The highest BCUT2D eigenvalue weighted by Crippen LogP contribution is 2.25. The monoisotopic (exact) mass is 284 g/mol. The fourth-order valence-electron chi connectivity index (χ4n) is 3.05. The average molecular weight is 284 g/mol. The Morgan fingerprint density at radius 1 is 1.38 bits per heavy atom. The lowest BCUT2D eigenvalue weighted by Gasteiger charge is -2.31. The van der Waals surface area contributed by atoms with Crippen molar-refractivity contribution in [2.45, 2.75) is 19.4 Å². The van der Waals surface area contributed by atoms with Crippen molar-refractivity contribution >= 4 is 22.5 Å². The summed E-state index contributed by atoms with van der Waals surface area (Å²) in [6.07, 6.45) is 3.69. The number of benzene rings is 1. The zero-order valence-corrected chi connectivity index (χ0v) is 12.0. The summed E-state index contributed by atoms with van der Waals surface area (Å²) in [4.78, 5) is 18.1. The molecule has 1 fully saturated rings. The number of hydrogen-bond acceptors (Lipinski definition) is 4. The van der Waals surface area contributed by atoms with E-state index < -0.39 is 0 Å². The first-order chi connectivity index (χ1) is 10.1. The third-order valence-corrected chi connectivity index (χ3v) is 4.19. The molecule has 1 aromatic heterocycles. The highest BCUT2D eigenvalue weighted by molar-refractivity contribution is 5.92. The van der Waals surface area contributed by atoms with Gasteiger partial charge >= 0.3 is 0 Å². The molecular weight excluding hydrogens is 264 g/mol. The summed E-state index contributed by atoms with van der Waals surface area (Å²) in [5.41, 5.74) is 14.3. The molecule has 0 aliphatic carbocycles. The molecule has 1 aliphatic heterocycles. The Morgan fingerprint density at radius 3 is 3.05 bits per heavy atom. The smallest absolute Gasteiger partial charge is 0.221 e. The zero-order valence-electron chi connectivity index (χ0n) is 12.0. The van der Waals surface area contributed by atoms with E-state index in [2.05, 4.69) is 9.88 Å². The SMILES string of the molecule is NC(=O)C1CCCN(Cc2ccc(N)c3cccnc23)C1. The number of primary amides is 1. The van der Waals surface area contributed by atoms with Crippen LogP contribution in [0.2, 0.25) is 0 Å². The lowest BCUT2D eigenvalue weighted by Crippen LogP contribution is -2.40. The highest BCUT2D eigenvalue weighted by atomic mass is 16.1. The molecule has 0 saturated carbocycles. The topological polar surface area (TPSA) is 85.2 Å². The largest absolute Gasteiger partial charge is 0.398 e. The Balaban J connectivity index is 1.85. The standard InChI is InChI=1S/C16H20N4O/c17-14-6-5-11(15-13(14)4-1-7-19-15)9-20-8-2-3-12(10-20)16(18)21/h1,4-7,12H,2-3,8-10,17H2,(H2,18,21). The molecule has 1 unspecified atom stereocenters. The number of amides is 1. The van der Waals surface area contributed by atoms with Gasteiger partial charge in [0.15, 0.2) is 0 Å². The number of nitrogens with two attached hydrogens (primary N) is 2. The van der Waals surface area contributed by atoms with Crippen molar-refractivity contribution in [3.8, 4) is 0 Å². The minimum atomic E-state index is -0.194. The average Bonchev–Trinajstić information content (AvgIpc) is 2.51. The number of carbonyl (C=O) groups excluding carboxylic acids is 1. The third kappa shape index (κ3) is 2.83. The number of nitrogen functional groups attached to an aromatic ring is 1. The van der Waals surface area contributed by atoms with Gasteiger partial charge in [-0.05, 0) is 43.1 Å². The molecule has 2 aromatic rings. The van der Waals surface area contributed by atoms with Crippen LogP contribution < -0.4 is 11.5 Å². The number of piperidine rings is 1. The fraction of sp³-hybridized carbons (Fsp3) is 0.375. The quantitative estimate of drug-likeness (QED) is 0.837. The van der Waals surface area contributed by atoms with Crippen molar-refractivity contribution in [3.63, 3.8) is 0 Å². The van der Waals surface area contributed by atoms with Gasteiger partial charge < -0.3 is 11.5 Å². The Labute approximate surface area is 123 Å². The van der Waals surface area contributed by atoms with Crippen LogP contribution in [-0.2, 0) is 11.3 Å². The van der Waals surface area contributed by atoms with E-state index in [1.54, 1.807) is 6.20 Å². The van der Waals surface area contributed by atoms with Gasteiger partial charge in [-0.3, -0.25) is 14.7 Å². The third-order valence-electron chi connectivity index (χ3n) is 4.19. The van der Waals surface area contributed by atoms with Crippen LogP contribution in [0.4, 0.5) is 5.69 Å². The van der Waals surface area contributed by atoms with Crippen LogP contribution in [0.25, 0.3) is 10.9 Å². The predicted octanol–water partition coefficient (Wildman–Crippen LogP) is 1.51. The number of pyridine rings is 1. The molecular formula is C16H20N4O. The molecule has 5 heteroatoms. The number of rotatable bonds is 3. The van der Waals surface area contributed by atoms with Crippen molar-refractivity contribution < 1.29 is 4.79 Å². The number of hydrogen-bond donors (Lipinski definition) is 2. The minimum absolute atomic E-state index is 0.0354. The molecule has 21 heavy (non-hydrogen) atoms. The second-order valence-corrected chi connectivity index (χ2v) is 5.69. The van der Waals surface area contributed by atoms with Crippen molar-refractivity contribution in [1.29, 1.82) is 0 Å². The number of likely N-dealkylation sites (tertiary alicyclic amines) is 1. The van der Waals surface area contributed by atoms with Crippen LogP contribution in [0, 0.1) is 5.92 Å². The van der Waals surface area contributed by atoms with Crippen LogP contribution in [0.3, 0.4) is 0 Å². The van der Waals surface area contributed by atoms with E-state index in [0.29, 0.717) is 0 Å². The van der Waals surface area contributed by atoms with Gasteiger partial charge in [0.25, 0.3) is 0 Å². The first-order valence-electron chi connectivity index (χ1n) is 7.29. The molecule has 2 heterocycles. The lowest BCUT2D eigenvalue weighted by atomic mass is 9.97. The maximum atomic E-state index is 11.4. The molecule has 0 spiro atoms. The van der Waals surface area contributed by atoms with Gasteiger partial charge in [0, 0.05) is 30.4 Å². The van der Waals surface area contributed by atoms with E-state index in [-0.39, 0.29) is 11.8 Å². The van der Waals surface area contributed by atoms with Crippen molar-refractivity contribution in [2.24, 2.45) is 11.7 Å². The van der Waals surface area contributed by atoms with Crippen molar-refractivity contribution in [1.82, 2.24) is 9.88 Å². The summed E-state index contributed by atoms with van der Waals surface area (Å²) >= 11 is 0. The molecule has 1 aromatic carbocycles. The van der Waals surface area contributed by atoms with Gasteiger partial charge in [0.05, 0.1) is 11.4 Å². The normalized spacial score (nSPS) is 19.7. The van der Waals surface area contributed by atoms with Crippen LogP contribution in [-0.4, -0.2) is 28.9 Å². The number of carbonyl (C=O) groups is 1. The molecule has 4 N–H and O–H groups in total. The molecule has 110 valence electrons. The fourth-order valence-corrected chi connectivity index (χ4v) is 3.05. The molecule has 5 nitrogen and oxygen atoms in total. The molecule has 1 saturated heterocycles. The van der Waals surface area contributed by atoms with Gasteiger partial charge in [-0.2, -0.15) is 0 Å². The van der Waals surface area contributed by atoms with Crippen LogP contribution in [0.5, 0.6) is 0 Å². The predicted molar refractivity (Wildman–Crippen MR) is 83.4 cm³/mol. The van der Waals surface area contributed by atoms with Crippen LogP contribution >= 0.6 is 0 Å². The zero-order chi connectivity index (χ0) is 14.8. The van der Waals surface area contributed by atoms with Gasteiger partial charge in [0.1, 0.15) is 0 Å². The number of anilines is 1. The summed E-state index contributed by atoms with van der Waals surface area (Å²) < 4.78 is 0. The summed E-state index contributed by atoms with van der Waals surface area (Å²) in [7, 11) is 0. The molecule has 1 atom stereocenters. The van der Waals surface area contributed by atoms with Crippen LogP contribution in [0.1, 0.15) is 18.4 Å². The Bertz CT molecular complexity index is 670. The van der Waals surface area contributed by atoms with E-state index in [9.17, 15) is 4.79 Å². The molecule has 0 bridgehead atoms. The van der Waals surface area contributed by atoms with E-state index >= 15 is 0 Å². The minimum Gasteiger partial charge on any atom is -0.398 e. The second kappa shape index (κ2) is 5.69. The first-order valence-corrected chi connectivity index (χ1v) is 7.29.